The zero-order chi connectivity index (χ0) is 15.9. The van der Waals surface area contributed by atoms with Crippen molar-refractivity contribution in [3.63, 3.8) is 0 Å². The van der Waals surface area contributed by atoms with Gasteiger partial charge < -0.3 is 4.90 Å². The Kier molecular flexibility index (Phi) is 3.76. The van der Waals surface area contributed by atoms with E-state index in [4.69, 9.17) is 0 Å². The normalized spacial score (nSPS) is 13.9. The van der Waals surface area contributed by atoms with Crippen molar-refractivity contribution in [2.45, 2.75) is 19.9 Å². The first kappa shape index (κ1) is 15.1. The van der Waals surface area contributed by atoms with Gasteiger partial charge in [0.15, 0.2) is 11.6 Å². The van der Waals surface area contributed by atoms with E-state index in [0.717, 1.165) is 11.0 Å². The SMILES string of the molecule is CC(C)N(C)C(=O)CN1C(=O)C(=O)c2cc(F)c(F)cc21. The van der Waals surface area contributed by atoms with Gasteiger partial charge >= 0.3 is 0 Å². The maximum atomic E-state index is 13.3. The minimum absolute atomic E-state index is 0.0746. The molecule has 0 aliphatic carbocycles. The second-order valence-corrected chi connectivity index (χ2v) is 5.10. The van der Waals surface area contributed by atoms with Crippen molar-refractivity contribution < 1.29 is 23.2 Å². The van der Waals surface area contributed by atoms with Crippen molar-refractivity contribution in [2.24, 2.45) is 0 Å². The summed E-state index contributed by atoms with van der Waals surface area (Å²) in [6.07, 6.45) is 0. The molecular weight excluding hydrogens is 282 g/mol. The van der Waals surface area contributed by atoms with E-state index in [2.05, 4.69) is 0 Å². The molecule has 0 N–H and O–H groups in total. The number of amides is 2. The van der Waals surface area contributed by atoms with Crippen LogP contribution in [0, 0.1) is 11.6 Å². The van der Waals surface area contributed by atoms with Crippen LogP contribution in [0.15, 0.2) is 12.1 Å². The quantitative estimate of drug-likeness (QED) is 0.791. The molecule has 2 rings (SSSR count). The van der Waals surface area contributed by atoms with Crippen LogP contribution in [0.4, 0.5) is 14.5 Å². The molecule has 1 heterocycles. The third-order valence-electron chi connectivity index (χ3n) is 3.47. The lowest BCUT2D eigenvalue weighted by Gasteiger charge is -2.24. The Labute approximate surface area is 120 Å². The van der Waals surface area contributed by atoms with E-state index in [-0.39, 0.29) is 17.3 Å². The van der Waals surface area contributed by atoms with Gasteiger partial charge in [-0.15, -0.1) is 0 Å². The van der Waals surface area contributed by atoms with Crippen molar-refractivity contribution in [1.29, 1.82) is 0 Å². The molecular formula is C14H14F2N2O3. The Morgan fingerprint density at radius 2 is 1.81 bits per heavy atom. The first-order valence-corrected chi connectivity index (χ1v) is 6.35. The van der Waals surface area contributed by atoms with Gasteiger partial charge in [0.1, 0.15) is 6.54 Å². The van der Waals surface area contributed by atoms with Crippen molar-refractivity contribution in [3.05, 3.63) is 29.3 Å². The molecule has 0 spiro atoms. The fourth-order valence-electron chi connectivity index (χ4n) is 1.98. The molecule has 112 valence electrons. The Morgan fingerprint density at radius 1 is 1.24 bits per heavy atom. The zero-order valence-corrected chi connectivity index (χ0v) is 11.8. The van der Waals surface area contributed by atoms with Gasteiger partial charge in [0.25, 0.3) is 11.7 Å². The summed E-state index contributed by atoms with van der Waals surface area (Å²) in [5, 5.41) is 0. The number of benzene rings is 1. The van der Waals surface area contributed by atoms with Gasteiger partial charge in [-0.05, 0) is 19.9 Å². The van der Waals surface area contributed by atoms with Crippen LogP contribution in [0.1, 0.15) is 24.2 Å². The van der Waals surface area contributed by atoms with Crippen LogP contribution in [0.2, 0.25) is 0 Å². The van der Waals surface area contributed by atoms with Crippen molar-refractivity contribution in [3.8, 4) is 0 Å². The van der Waals surface area contributed by atoms with Gasteiger partial charge in [0.2, 0.25) is 5.91 Å². The number of halogens is 2. The lowest BCUT2D eigenvalue weighted by Crippen LogP contribution is -2.43. The van der Waals surface area contributed by atoms with Gasteiger partial charge in [-0.2, -0.15) is 0 Å². The molecule has 0 aromatic heterocycles. The highest BCUT2D eigenvalue weighted by Crippen LogP contribution is 2.30. The number of carbonyl (C=O) groups is 3. The zero-order valence-electron chi connectivity index (χ0n) is 11.8. The number of nitrogens with zero attached hydrogens (tertiary/aromatic N) is 2. The summed E-state index contributed by atoms with van der Waals surface area (Å²) in [5.74, 6) is -4.68. The molecule has 0 saturated heterocycles. The number of likely N-dealkylation sites (N-methyl/N-ethyl adjacent to an activating group) is 1. The fourth-order valence-corrected chi connectivity index (χ4v) is 1.98. The Morgan fingerprint density at radius 3 is 2.38 bits per heavy atom. The van der Waals surface area contributed by atoms with Crippen molar-refractivity contribution in [1.82, 2.24) is 4.90 Å². The smallest absolute Gasteiger partial charge is 0.299 e. The summed E-state index contributed by atoms with van der Waals surface area (Å²) in [6.45, 7) is 3.19. The third kappa shape index (κ3) is 2.51. The summed E-state index contributed by atoms with van der Waals surface area (Å²) in [4.78, 5) is 37.9. The lowest BCUT2D eigenvalue weighted by atomic mass is 10.1. The number of Topliss-reactive ketones (excluding diaryl/α,β-unsaturated/α-hetero) is 1. The first-order chi connectivity index (χ1) is 9.73. The number of carbonyl (C=O) groups excluding carboxylic acids is 3. The Bertz CT molecular complexity index is 643. The number of ketones is 1. The van der Waals surface area contributed by atoms with Gasteiger partial charge in [-0.25, -0.2) is 8.78 Å². The van der Waals surface area contributed by atoms with Gasteiger partial charge in [-0.3, -0.25) is 19.3 Å². The first-order valence-electron chi connectivity index (χ1n) is 6.35. The monoisotopic (exact) mass is 296 g/mol. The molecule has 1 aromatic carbocycles. The number of hydrogen-bond acceptors (Lipinski definition) is 3. The number of anilines is 1. The minimum Gasteiger partial charge on any atom is -0.342 e. The minimum atomic E-state index is -1.21. The van der Waals surface area contributed by atoms with E-state index in [1.807, 2.05) is 0 Å². The molecule has 0 saturated carbocycles. The van der Waals surface area contributed by atoms with Crippen LogP contribution in [-0.2, 0) is 9.59 Å². The summed E-state index contributed by atoms with van der Waals surface area (Å²) in [6, 6.07) is 1.35. The lowest BCUT2D eigenvalue weighted by molar-refractivity contribution is -0.131. The van der Waals surface area contributed by atoms with E-state index in [1.54, 1.807) is 20.9 Å². The van der Waals surface area contributed by atoms with E-state index < -0.39 is 35.8 Å². The van der Waals surface area contributed by atoms with Crippen LogP contribution in [0.25, 0.3) is 0 Å². The molecule has 0 fully saturated rings. The molecule has 2 amide bonds. The molecule has 21 heavy (non-hydrogen) atoms. The van der Waals surface area contributed by atoms with Gasteiger partial charge in [0.05, 0.1) is 11.3 Å². The molecule has 1 aromatic rings. The fraction of sp³-hybridized carbons (Fsp3) is 0.357. The molecule has 0 radical (unpaired) electrons. The van der Waals surface area contributed by atoms with Crippen LogP contribution >= 0.6 is 0 Å². The predicted molar refractivity (Wildman–Crippen MR) is 70.9 cm³/mol. The second kappa shape index (κ2) is 5.23. The summed E-state index contributed by atoms with van der Waals surface area (Å²) in [7, 11) is 1.56. The van der Waals surface area contributed by atoms with Crippen molar-refractivity contribution >= 4 is 23.3 Å². The maximum absolute atomic E-state index is 13.3. The highest BCUT2D eigenvalue weighted by molar-refractivity contribution is 6.52. The summed E-state index contributed by atoms with van der Waals surface area (Å²) >= 11 is 0. The Balaban J connectivity index is 2.35. The number of hydrogen-bond donors (Lipinski definition) is 0. The highest BCUT2D eigenvalue weighted by atomic mass is 19.2. The molecule has 5 nitrogen and oxygen atoms in total. The predicted octanol–water partition coefficient (Wildman–Crippen LogP) is 1.36. The van der Waals surface area contributed by atoms with E-state index in [9.17, 15) is 23.2 Å². The topological polar surface area (TPSA) is 57.7 Å². The average molecular weight is 296 g/mol. The van der Waals surface area contributed by atoms with E-state index in [1.165, 1.54) is 4.90 Å². The maximum Gasteiger partial charge on any atom is 0.299 e. The van der Waals surface area contributed by atoms with E-state index >= 15 is 0 Å². The molecule has 1 aliphatic rings. The average Bonchev–Trinajstić information content (AvgIpc) is 2.64. The van der Waals surface area contributed by atoms with Crippen LogP contribution in [0.5, 0.6) is 0 Å². The molecule has 0 bridgehead atoms. The number of fused-ring (bicyclic) bond motifs is 1. The summed E-state index contributed by atoms with van der Waals surface area (Å²) in [5.41, 5.74) is -0.298. The molecule has 0 atom stereocenters. The van der Waals surface area contributed by atoms with Crippen LogP contribution in [-0.4, -0.2) is 42.1 Å². The van der Waals surface area contributed by atoms with Crippen molar-refractivity contribution in [2.75, 3.05) is 18.5 Å². The van der Waals surface area contributed by atoms with Crippen LogP contribution in [0.3, 0.4) is 0 Å². The second-order valence-electron chi connectivity index (χ2n) is 5.10. The largest absolute Gasteiger partial charge is 0.342 e. The molecule has 1 aliphatic heterocycles. The Hall–Kier alpha value is -2.31. The standard InChI is InChI=1S/C14H14F2N2O3/c1-7(2)17(3)12(19)6-18-11-5-10(16)9(15)4-8(11)13(20)14(18)21/h4-5,7H,6H2,1-3H3. The van der Waals surface area contributed by atoms with Crippen LogP contribution < -0.4 is 4.90 Å². The van der Waals surface area contributed by atoms with E-state index in [0.29, 0.717) is 6.07 Å². The van der Waals surface area contributed by atoms with Gasteiger partial charge in [-0.1, -0.05) is 0 Å². The summed E-state index contributed by atoms with van der Waals surface area (Å²) < 4.78 is 26.5. The number of rotatable bonds is 3. The van der Waals surface area contributed by atoms with Gasteiger partial charge in [0, 0.05) is 19.2 Å². The molecule has 0 unspecified atom stereocenters. The molecule has 7 heteroatoms. The third-order valence-corrected chi connectivity index (χ3v) is 3.47. The highest BCUT2D eigenvalue weighted by Gasteiger charge is 2.38.